The molecule has 0 amide bonds. The minimum absolute atomic E-state index is 0.0372. The predicted molar refractivity (Wildman–Crippen MR) is 90.0 cm³/mol. The molecule has 2 atom stereocenters. The topological polar surface area (TPSA) is 12.0 Å². The van der Waals surface area contributed by atoms with Crippen LogP contribution in [0.25, 0.3) is 0 Å². The lowest BCUT2D eigenvalue weighted by atomic mass is 9.88. The Balaban J connectivity index is 2.36. The fraction of sp³-hybridized carbons (Fsp3) is 0.333. The molecular formula is C18H21BrFN. The molecule has 0 saturated carbocycles. The largest absolute Gasteiger partial charge is 0.309 e. The van der Waals surface area contributed by atoms with Gasteiger partial charge in [-0.05, 0) is 40.5 Å². The van der Waals surface area contributed by atoms with Crippen LogP contribution in [0.5, 0.6) is 0 Å². The van der Waals surface area contributed by atoms with Gasteiger partial charge in [-0.15, -0.1) is 0 Å². The molecule has 112 valence electrons. The summed E-state index contributed by atoms with van der Waals surface area (Å²) < 4.78 is 15.0. The van der Waals surface area contributed by atoms with Crippen LogP contribution in [0.4, 0.5) is 4.39 Å². The molecule has 0 fully saturated rings. The third-order valence-corrected chi connectivity index (χ3v) is 4.37. The molecule has 2 aromatic carbocycles. The van der Waals surface area contributed by atoms with Crippen molar-refractivity contribution >= 4 is 15.9 Å². The first kappa shape index (κ1) is 16.2. The van der Waals surface area contributed by atoms with E-state index in [4.69, 9.17) is 0 Å². The highest BCUT2D eigenvalue weighted by Gasteiger charge is 2.23. The maximum Gasteiger partial charge on any atom is 0.142 e. The summed E-state index contributed by atoms with van der Waals surface area (Å²) in [7, 11) is 0. The van der Waals surface area contributed by atoms with E-state index >= 15 is 0 Å². The van der Waals surface area contributed by atoms with Gasteiger partial charge in [0.25, 0.3) is 0 Å². The molecule has 2 aromatic rings. The molecule has 0 aliphatic heterocycles. The van der Waals surface area contributed by atoms with E-state index in [0.717, 1.165) is 13.0 Å². The van der Waals surface area contributed by atoms with Gasteiger partial charge in [0.1, 0.15) is 5.82 Å². The van der Waals surface area contributed by atoms with Crippen LogP contribution < -0.4 is 5.32 Å². The van der Waals surface area contributed by atoms with E-state index in [1.165, 1.54) is 5.56 Å². The molecule has 2 unspecified atom stereocenters. The fourth-order valence-electron chi connectivity index (χ4n) is 2.57. The van der Waals surface area contributed by atoms with Gasteiger partial charge < -0.3 is 5.32 Å². The third-order valence-electron chi connectivity index (χ3n) is 3.76. The standard InChI is InChI=1S/C18H21BrFN/c1-3-12-21-18(13(2)14-8-5-4-6-9-14)15-10-7-11-16(19)17(15)20/h4-11,13,18,21H,3,12H2,1-2H3. The maximum absolute atomic E-state index is 14.5. The maximum atomic E-state index is 14.5. The van der Waals surface area contributed by atoms with Gasteiger partial charge in [-0.1, -0.05) is 56.3 Å². The number of benzene rings is 2. The van der Waals surface area contributed by atoms with Crippen LogP contribution in [0.2, 0.25) is 0 Å². The van der Waals surface area contributed by atoms with Crippen LogP contribution in [-0.2, 0) is 0 Å². The second kappa shape index (κ2) is 7.71. The van der Waals surface area contributed by atoms with Crippen LogP contribution in [-0.4, -0.2) is 6.54 Å². The molecule has 0 radical (unpaired) electrons. The smallest absolute Gasteiger partial charge is 0.142 e. The van der Waals surface area contributed by atoms with Crippen molar-refractivity contribution < 1.29 is 4.39 Å². The Labute approximate surface area is 134 Å². The second-order valence-corrected chi connectivity index (χ2v) is 6.13. The number of hydrogen-bond donors (Lipinski definition) is 1. The Bertz CT molecular complexity index is 571. The summed E-state index contributed by atoms with van der Waals surface area (Å²) in [5.74, 6) is 0.0236. The number of rotatable bonds is 6. The van der Waals surface area contributed by atoms with E-state index in [-0.39, 0.29) is 17.8 Å². The van der Waals surface area contributed by atoms with Gasteiger partial charge in [-0.2, -0.15) is 0 Å². The molecule has 0 aromatic heterocycles. The molecule has 0 saturated heterocycles. The number of halogens is 2. The van der Waals surface area contributed by atoms with Gasteiger partial charge in [-0.25, -0.2) is 4.39 Å². The molecule has 0 spiro atoms. The van der Waals surface area contributed by atoms with Crippen LogP contribution in [0, 0.1) is 5.82 Å². The van der Waals surface area contributed by atoms with Crippen molar-refractivity contribution in [2.24, 2.45) is 0 Å². The summed E-state index contributed by atoms with van der Waals surface area (Å²) in [5.41, 5.74) is 1.93. The summed E-state index contributed by atoms with van der Waals surface area (Å²) in [6, 6.07) is 15.7. The molecule has 0 aliphatic carbocycles. The lowest BCUT2D eigenvalue weighted by Gasteiger charge is -2.27. The molecule has 0 aliphatic rings. The Morgan fingerprint density at radius 1 is 1.10 bits per heavy atom. The second-order valence-electron chi connectivity index (χ2n) is 5.27. The Kier molecular flexibility index (Phi) is 5.95. The molecule has 1 N–H and O–H groups in total. The lowest BCUT2D eigenvalue weighted by molar-refractivity contribution is 0.444. The summed E-state index contributed by atoms with van der Waals surface area (Å²) in [6.45, 7) is 5.13. The van der Waals surface area contributed by atoms with Gasteiger partial charge in [-0.3, -0.25) is 0 Å². The Morgan fingerprint density at radius 2 is 1.81 bits per heavy atom. The first-order valence-corrected chi connectivity index (χ1v) is 8.16. The minimum atomic E-state index is -0.172. The fourth-order valence-corrected chi connectivity index (χ4v) is 2.95. The van der Waals surface area contributed by atoms with Crippen molar-refractivity contribution in [2.75, 3.05) is 6.54 Å². The number of nitrogens with one attached hydrogen (secondary N) is 1. The molecule has 0 bridgehead atoms. The number of hydrogen-bond acceptors (Lipinski definition) is 1. The average molecular weight is 350 g/mol. The van der Waals surface area contributed by atoms with Gasteiger partial charge in [0.2, 0.25) is 0 Å². The summed E-state index contributed by atoms with van der Waals surface area (Å²) in [6.07, 6.45) is 1.02. The quantitative estimate of drug-likeness (QED) is 0.732. The van der Waals surface area contributed by atoms with E-state index in [2.05, 4.69) is 47.2 Å². The van der Waals surface area contributed by atoms with Gasteiger partial charge in [0, 0.05) is 17.5 Å². The highest BCUT2D eigenvalue weighted by Crippen LogP contribution is 2.33. The Morgan fingerprint density at radius 3 is 2.48 bits per heavy atom. The molecule has 3 heteroatoms. The predicted octanol–water partition coefficient (Wildman–Crippen LogP) is 5.43. The van der Waals surface area contributed by atoms with Crippen LogP contribution >= 0.6 is 15.9 Å². The first-order chi connectivity index (χ1) is 10.1. The average Bonchev–Trinajstić information content (AvgIpc) is 2.52. The molecule has 2 rings (SSSR count). The lowest BCUT2D eigenvalue weighted by Crippen LogP contribution is -2.27. The van der Waals surface area contributed by atoms with Crippen molar-refractivity contribution in [3.63, 3.8) is 0 Å². The van der Waals surface area contributed by atoms with Gasteiger partial charge in [0.15, 0.2) is 0 Å². The summed E-state index contributed by atoms with van der Waals surface area (Å²) in [4.78, 5) is 0. The highest BCUT2D eigenvalue weighted by atomic mass is 79.9. The van der Waals surface area contributed by atoms with Crippen molar-refractivity contribution in [1.29, 1.82) is 0 Å². The van der Waals surface area contributed by atoms with Gasteiger partial charge >= 0.3 is 0 Å². The molecular weight excluding hydrogens is 329 g/mol. The SMILES string of the molecule is CCCNC(c1cccc(Br)c1F)C(C)c1ccccc1. The minimum Gasteiger partial charge on any atom is -0.309 e. The monoisotopic (exact) mass is 349 g/mol. The first-order valence-electron chi connectivity index (χ1n) is 7.37. The van der Waals surface area contributed by atoms with E-state index < -0.39 is 0 Å². The zero-order valence-corrected chi connectivity index (χ0v) is 14.0. The summed E-state index contributed by atoms with van der Waals surface area (Å²) in [5, 5.41) is 3.49. The van der Waals surface area contributed by atoms with Crippen molar-refractivity contribution in [2.45, 2.75) is 32.2 Å². The van der Waals surface area contributed by atoms with Crippen molar-refractivity contribution in [3.8, 4) is 0 Å². The molecule has 21 heavy (non-hydrogen) atoms. The highest BCUT2D eigenvalue weighted by molar-refractivity contribution is 9.10. The van der Waals surface area contributed by atoms with Crippen LogP contribution in [0.1, 0.15) is 43.4 Å². The van der Waals surface area contributed by atoms with Crippen molar-refractivity contribution in [3.05, 3.63) is 69.9 Å². The zero-order valence-electron chi connectivity index (χ0n) is 12.4. The summed E-state index contributed by atoms with van der Waals surface area (Å²) >= 11 is 3.29. The van der Waals surface area contributed by atoms with E-state index in [1.54, 1.807) is 6.07 Å². The normalized spacial score (nSPS) is 13.9. The molecule has 0 heterocycles. The van der Waals surface area contributed by atoms with E-state index in [1.807, 2.05) is 30.3 Å². The van der Waals surface area contributed by atoms with E-state index in [0.29, 0.717) is 10.0 Å². The van der Waals surface area contributed by atoms with Crippen molar-refractivity contribution in [1.82, 2.24) is 5.32 Å². The molecule has 1 nitrogen and oxygen atoms in total. The van der Waals surface area contributed by atoms with Crippen LogP contribution in [0.15, 0.2) is 53.0 Å². The van der Waals surface area contributed by atoms with Crippen LogP contribution in [0.3, 0.4) is 0 Å². The van der Waals surface area contributed by atoms with Gasteiger partial charge in [0.05, 0.1) is 4.47 Å². The third kappa shape index (κ3) is 3.92. The zero-order chi connectivity index (χ0) is 15.2. The Hall–Kier alpha value is -1.19. The van der Waals surface area contributed by atoms with E-state index in [9.17, 15) is 4.39 Å².